The lowest BCUT2D eigenvalue weighted by Gasteiger charge is -2.09. The van der Waals surface area contributed by atoms with E-state index in [1.54, 1.807) is 42.5 Å². The zero-order valence-corrected chi connectivity index (χ0v) is 16.1. The van der Waals surface area contributed by atoms with Gasteiger partial charge in [-0.05, 0) is 66.3 Å². The summed E-state index contributed by atoms with van der Waals surface area (Å²) < 4.78 is 5.33. The second-order valence-electron chi connectivity index (χ2n) is 6.67. The molecule has 0 aliphatic heterocycles. The third-order valence-electron chi connectivity index (χ3n) is 4.27. The third kappa shape index (κ3) is 6.06. The second-order valence-corrected chi connectivity index (χ2v) is 6.67. The van der Waals surface area contributed by atoms with Gasteiger partial charge in [0.2, 0.25) is 0 Å². The Morgan fingerprint density at radius 3 is 2.37 bits per heavy atom. The molecule has 2 rings (SSSR count). The summed E-state index contributed by atoms with van der Waals surface area (Å²) in [6, 6.07) is 12.0. The number of esters is 1. The van der Waals surface area contributed by atoms with Crippen LogP contribution in [0.5, 0.6) is 11.5 Å². The van der Waals surface area contributed by atoms with Crippen LogP contribution in [0.25, 0.3) is 0 Å². The number of hydrogen-bond donors (Lipinski definition) is 1. The van der Waals surface area contributed by atoms with Gasteiger partial charge >= 0.3 is 5.97 Å². The van der Waals surface area contributed by atoms with Gasteiger partial charge in [-0.15, -0.1) is 6.58 Å². The van der Waals surface area contributed by atoms with Crippen molar-refractivity contribution in [3.63, 3.8) is 0 Å². The van der Waals surface area contributed by atoms with Gasteiger partial charge in [-0.3, -0.25) is 4.79 Å². The molecule has 0 bridgehead atoms. The van der Waals surface area contributed by atoms with Crippen molar-refractivity contribution in [1.29, 1.82) is 0 Å². The van der Waals surface area contributed by atoms with E-state index in [0.717, 1.165) is 12.0 Å². The van der Waals surface area contributed by atoms with Crippen LogP contribution < -0.4 is 4.74 Å². The number of hydrogen-bond acceptors (Lipinski definition) is 5. The molecule has 5 nitrogen and oxygen atoms in total. The Balaban J connectivity index is 2.01. The smallest absolute Gasteiger partial charge is 0.311 e. The number of phenolic OH excluding ortho intramolecular Hbond substituents is 1. The molecule has 2 aromatic rings. The maximum atomic E-state index is 11.9. The molecule has 1 unspecified atom stereocenters. The van der Waals surface area contributed by atoms with Crippen LogP contribution in [0, 0.1) is 5.92 Å². The highest BCUT2D eigenvalue weighted by Gasteiger charge is 2.11. The van der Waals surface area contributed by atoms with Gasteiger partial charge in [-0.1, -0.05) is 26.8 Å². The van der Waals surface area contributed by atoms with Crippen molar-refractivity contribution in [2.24, 2.45) is 16.1 Å². The van der Waals surface area contributed by atoms with Gasteiger partial charge in [-0.2, -0.15) is 10.2 Å². The van der Waals surface area contributed by atoms with Gasteiger partial charge in [-0.25, -0.2) is 0 Å². The van der Waals surface area contributed by atoms with Crippen LogP contribution in [0.4, 0.5) is 11.4 Å². The SMILES string of the molecule is C=CC(CC)CC(=O)Oc1ccc(N=Nc2ccc(O)c(C(C)C)c2)cc1. The summed E-state index contributed by atoms with van der Waals surface area (Å²) >= 11 is 0. The fraction of sp³-hybridized carbons (Fsp3) is 0.318. The molecule has 2 aromatic carbocycles. The molecule has 0 saturated heterocycles. The monoisotopic (exact) mass is 366 g/mol. The second kappa shape index (κ2) is 9.67. The van der Waals surface area contributed by atoms with Crippen molar-refractivity contribution in [1.82, 2.24) is 0 Å². The average molecular weight is 366 g/mol. The number of azo groups is 1. The number of phenols is 1. The first kappa shape index (κ1) is 20.4. The van der Waals surface area contributed by atoms with Crippen molar-refractivity contribution in [3.05, 3.63) is 60.7 Å². The lowest BCUT2D eigenvalue weighted by atomic mass is 10.0. The van der Waals surface area contributed by atoms with Crippen LogP contribution in [-0.2, 0) is 4.79 Å². The highest BCUT2D eigenvalue weighted by Crippen LogP contribution is 2.30. The topological polar surface area (TPSA) is 71.2 Å². The summed E-state index contributed by atoms with van der Waals surface area (Å²) in [5.74, 6) is 0.789. The Bertz CT molecular complexity index is 811. The van der Waals surface area contributed by atoms with E-state index in [-0.39, 0.29) is 23.6 Å². The van der Waals surface area contributed by atoms with Crippen LogP contribution in [0.15, 0.2) is 65.3 Å². The molecule has 0 radical (unpaired) electrons. The number of carbonyl (C=O) groups is 1. The van der Waals surface area contributed by atoms with E-state index in [0.29, 0.717) is 23.5 Å². The largest absolute Gasteiger partial charge is 0.508 e. The van der Waals surface area contributed by atoms with Crippen LogP contribution in [0.3, 0.4) is 0 Å². The van der Waals surface area contributed by atoms with Crippen LogP contribution in [0.1, 0.15) is 45.1 Å². The van der Waals surface area contributed by atoms with E-state index in [1.165, 1.54) is 0 Å². The molecule has 1 atom stereocenters. The normalized spacial score (nSPS) is 12.3. The van der Waals surface area contributed by atoms with Crippen molar-refractivity contribution >= 4 is 17.3 Å². The number of rotatable bonds is 8. The molecule has 0 aromatic heterocycles. The number of ether oxygens (including phenoxy) is 1. The van der Waals surface area contributed by atoms with E-state index in [9.17, 15) is 9.90 Å². The van der Waals surface area contributed by atoms with Gasteiger partial charge in [0.05, 0.1) is 17.8 Å². The third-order valence-corrected chi connectivity index (χ3v) is 4.27. The average Bonchev–Trinajstić information content (AvgIpc) is 2.66. The van der Waals surface area contributed by atoms with Gasteiger partial charge in [0.25, 0.3) is 0 Å². The molecule has 0 aliphatic rings. The van der Waals surface area contributed by atoms with Crippen LogP contribution in [0.2, 0.25) is 0 Å². The summed E-state index contributed by atoms with van der Waals surface area (Å²) in [5.41, 5.74) is 2.15. The predicted molar refractivity (Wildman–Crippen MR) is 107 cm³/mol. The molecule has 0 saturated carbocycles. The van der Waals surface area contributed by atoms with Crippen molar-refractivity contribution in [2.45, 2.75) is 39.5 Å². The van der Waals surface area contributed by atoms with Crippen LogP contribution >= 0.6 is 0 Å². The first-order chi connectivity index (χ1) is 12.9. The van der Waals surface area contributed by atoms with Crippen molar-refractivity contribution in [3.8, 4) is 11.5 Å². The quantitative estimate of drug-likeness (QED) is 0.253. The molecule has 27 heavy (non-hydrogen) atoms. The van der Waals surface area contributed by atoms with E-state index >= 15 is 0 Å². The summed E-state index contributed by atoms with van der Waals surface area (Å²) in [5, 5.41) is 18.3. The lowest BCUT2D eigenvalue weighted by Crippen LogP contribution is -2.12. The number of carbonyl (C=O) groups excluding carboxylic acids is 1. The molecule has 0 spiro atoms. The predicted octanol–water partition coefficient (Wildman–Crippen LogP) is 6.44. The molecule has 0 heterocycles. The minimum atomic E-state index is -0.276. The molecule has 1 N–H and O–H groups in total. The van der Waals surface area contributed by atoms with E-state index < -0.39 is 0 Å². The number of aromatic hydroxyl groups is 1. The van der Waals surface area contributed by atoms with Crippen molar-refractivity contribution < 1.29 is 14.6 Å². The number of benzene rings is 2. The maximum Gasteiger partial charge on any atom is 0.311 e. The number of nitrogens with zero attached hydrogens (tertiary/aromatic N) is 2. The first-order valence-corrected chi connectivity index (χ1v) is 9.10. The van der Waals surface area contributed by atoms with Gasteiger partial charge in [0, 0.05) is 0 Å². The highest BCUT2D eigenvalue weighted by molar-refractivity contribution is 5.73. The zero-order valence-electron chi connectivity index (χ0n) is 16.1. The van der Waals surface area contributed by atoms with Crippen LogP contribution in [-0.4, -0.2) is 11.1 Å². The molecular formula is C22H26N2O3. The minimum Gasteiger partial charge on any atom is -0.508 e. The van der Waals surface area contributed by atoms with Crippen molar-refractivity contribution in [2.75, 3.05) is 0 Å². The van der Waals surface area contributed by atoms with Gasteiger partial charge in [0.15, 0.2) is 0 Å². The molecule has 0 amide bonds. The Kier molecular flexibility index (Phi) is 7.29. The Labute approximate surface area is 160 Å². The van der Waals surface area contributed by atoms with E-state index in [1.807, 2.05) is 26.8 Å². The number of allylic oxidation sites excluding steroid dienone is 1. The minimum absolute atomic E-state index is 0.131. The fourth-order valence-corrected chi connectivity index (χ4v) is 2.54. The van der Waals surface area contributed by atoms with Gasteiger partial charge < -0.3 is 9.84 Å². The zero-order chi connectivity index (χ0) is 19.8. The Morgan fingerprint density at radius 1 is 1.15 bits per heavy atom. The molecular weight excluding hydrogens is 340 g/mol. The maximum absolute atomic E-state index is 11.9. The Hall–Kier alpha value is -2.95. The van der Waals surface area contributed by atoms with E-state index in [4.69, 9.17) is 4.74 Å². The summed E-state index contributed by atoms with van der Waals surface area (Å²) in [4.78, 5) is 11.9. The molecule has 0 aliphatic carbocycles. The fourth-order valence-electron chi connectivity index (χ4n) is 2.54. The summed E-state index contributed by atoms with van der Waals surface area (Å²) in [6.45, 7) is 9.75. The van der Waals surface area contributed by atoms with Gasteiger partial charge in [0.1, 0.15) is 11.5 Å². The summed E-state index contributed by atoms with van der Waals surface area (Å²) in [6.07, 6.45) is 2.95. The standard InChI is InChI=1S/C22H26N2O3/c1-5-16(6-2)13-22(26)27-19-10-7-17(8-11-19)23-24-18-9-12-21(25)20(14-18)15(3)4/h5,7-12,14-16,25H,1,6,13H2,2-4H3. The lowest BCUT2D eigenvalue weighted by molar-refractivity contribution is -0.135. The Morgan fingerprint density at radius 2 is 1.78 bits per heavy atom. The van der Waals surface area contributed by atoms with E-state index in [2.05, 4.69) is 16.8 Å². The molecule has 142 valence electrons. The molecule has 5 heteroatoms. The highest BCUT2D eigenvalue weighted by atomic mass is 16.5. The summed E-state index contributed by atoms with van der Waals surface area (Å²) in [7, 11) is 0. The first-order valence-electron chi connectivity index (χ1n) is 9.10. The molecule has 0 fully saturated rings.